The van der Waals surface area contributed by atoms with E-state index in [0.717, 1.165) is 12.8 Å². The second kappa shape index (κ2) is 13.4. The Morgan fingerprint density at radius 2 is 0.943 bits per heavy atom. The fraction of sp³-hybridized carbons (Fsp3) is 0.438. The number of unbranched alkanes of at least 4 members (excludes halogenated alkanes) is 2. The van der Waals surface area contributed by atoms with Crippen molar-refractivity contribution in [1.29, 1.82) is 0 Å². The SMILES string of the molecule is CCCCC(Nc1c(C)cccc1C)c1cccc(C(CCCC)Nc2c(C)cccc2C)[c]1[Sb]. The van der Waals surface area contributed by atoms with E-state index in [9.17, 15) is 0 Å². The number of hydrogen-bond donors (Lipinski definition) is 2. The Kier molecular flexibility index (Phi) is 10.6. The molecule has 0 fully saturated rings. The summed E-state index contributed by atoms with van der Waals surface area (Å²) in [5, 5.41) is 7.94. The van der Waals surface area contributed by atoms with Gasteiger partial charge in [-0.05, 0) is 0 Å². The van der Waals surface area contributed by atoms with Crippen LogP contribution in [0.25, 0.3) is 0 Å². The van der Waals surface area contributed by atoms with Crippen LogP contribution in [0.4, 0.5) is 11.4 Å². The monoisotopic (exact) mass is 576 g/mol. The van der Waals surface area contributed by atoms with E-state index in [1.54, 1.807) is 0 Å². The van der Waals surface area contributed by atoms with E-state index in [1.807, 2.05) is 23.0 Å². The molecule has 0 amide bonds. The topological polar surface area (TPSA) is 24.1 Å². The van der Waals surface area contributed by atoms with Crippen LogP contribution in [-0.2, 0) is 0 Å². The molecule has 2 atom stereocenters. The van der Waals surface area contributed by atoms with Crippen LogP contribution >= 0.6 is 0 Å². The molecule has 2 nitrogen and oxygen atoms in total. The Morgan fingerprint density at radius 3 is 1.29 bits per heavy atom. The van der Waals surface area contributed by atoms with Crippen molar-refractivity contribution < 1.29 is 0 Å². The van der Waals surface area contributed by atoms with Crippen LogP contribution in [0, 0.1) is 27.7 Å². The molecule has 0 saturated carbocycles. The zero-order chi connectivity index (χ0) is 25.4. The summed E-state index contributed by atoms with van der Waals surface area (Å²) >= 11 is 1.87. The number of nitrogens with one attached hydrogen (secondary N) is 2. The van der Waals surface area contributed by atoms with Crippen molar-refractivity contribution in [3.05, 3.63) is 88.0 Å². The molecule has 0 heterocycles. The molecule has 3 heteroatoms. The molecule has 2 unspecified atom stereocenters. The van der Waals surface area contributed by atoms with Gasteiger partial charge in [-0.1, -0.05) is 0 Å². The predicted molar refractivity (Wildman–Crippen MR) is 155 cm³/mol. The van der Waals surface area contributed by atoms with Gasteiger partial charge in [0.25, 0.3) is 0 Å². The zero-order valence-corrected chi connectivity index (χ0v) is 25.1. The third kappa shape index (κ3) is 7.07. The fourth-order valence-corrected chi connectivity index (χ4v) is 6.32. The number of aryl methyl sites for hydroxylation is 4. The van der Waals surface area contributed by atoms with E-state index in [1.165, 1.54) is 73.9 Å². The maximum atomic E-state index is 3.97. The van der Waals surface area contributed by atoms with Crippen molar-refractivity contribution >= 4 is 37.9 Å². The average Bonchev–Trinajstić information content (AvgIpc) is 2.83. The zero-order valence-electron chi connectivity index (χ0n) is 22.5. The third-order valence-electron chi connectivity index (χ3n) is 7.14. The van der Waals surface area contributed by atoms with E-state index in [-0.39, 0.29) is 0 Å². The van der Waals surface area contributed by atoms with Gasteiger partial charge in [0.2, 0.25) is 0 Å². The molecule has 3 rings (SSSR count). The van der Waals surface area contributed by atoms with E-state index >= 15 is 0 Å². The second-order valence-electron chi connectivity index (χ2n) is 10.00. The average molecular weight is 577 g/mol. The molecule has 35 heavy (non-hydrogen) atoms. The van der Waals surface area contributed by atoms with Gasteiger partial charge in [-0.3, -0.25) is 0 Å². The van der Waals surface area contributed by atoms with Gasteiger partial charge >= 0.3 is 229 Å². The van der Waals surface area contributed by atoms with Crippen molar-refractivity contribution in [2.45, 2.75) is 92.2 Å². The number of hydrogen-bond acceptors (Lipinski definition) is 2. The van der Waals surface area contributed by atoms with E-state index in [2.05, 4.69) is 107 Å². The summed E-state index contributed by atoms with van der Waals surface area (Å²) in [6.07, 6.45) is 7.15. The van der Waals surface area contributed by atoms with Gasteiger partial charge in [0.15, 0.2) is 0 Å². The Hall–Kier alpha value is -1.92. The summed E-state index contributed by atoms with van der Waals surface area (Å²) in [5.41, 5.74) is 10.8. The maximum absolute atomic E-state index is 3.97. The Morgan fingerprint density at radius 1 is 0.600 bits per heavy atom. The van der Waals surface area contributed by atoms with Crippen LogP contribution in [0.3, 0.4) is 0 Å². The first kappa shape index (κ1) is 27.7. The van der Waals surface area contributed by atoms with Crippen molar-refractivity contribution in [3.8, 4) is 0 Å². The van der Waals surface area contributed by atoms with Crippen LogP contribution in [0.15, 0.2) is 54.6 Å². The summed E-state index contributed by atoms with van der Waals surface area (Å²) in [6, 6.07) is 20.8. The summed E-state index contributed by atoms with van der Waals surface area (Å²) in [5.74, 6) is 0. The molecule has 0 aromatic heterocycles. The first-order chi connectivity index (χ1) is 16.9. The van der Waals surface area contributed by atoms with Crippen molar-refractivity contribution in [3.63, 3.8) is 0 Å². The van der Waals surface area contributed by atoms with E-state index < -0.39 is 0 Å². The van der Waals surface area contributed by atoms with E-state index in [4.69, 9.17) is 0 Å². The molecule has 0 aliphatic carbocycles. The fourth-order valence-electron chi connectivity index (χ4n) is 5.00. The standard InChI is InChI=1S/C32H43N2.Sb/c1-7-9-20-29(33-31-23(3)14-11-15-24(31)4)27-18-13-19-28(22-27)30(21-10-8-2)34-32-25(5)16-12-17-26(32)6;/h11-19,29-30,33-34H,7-10,20-21H2,1-6H3;. The molecule has 0 spiro atoms. The normalized spacial score (nSPS) is 12.9. The molecular formula is C32H43N2Sb. The number of para-hydroxylation sites is 2. The van der Waals surface area contributed by atoms with Gasteiger partial charge in [0.1, 0.15) is 0 Å². The van der Waals surface area contributed by atoms with Crippen LogP contribution in [0.2, 0.25) is 0 Å². The van der Waals surface area contributed by atoms with Crippen molar-refractivity contribution in [2.75, 3.05) is 10.6 Å². The predicted octanol–water partition coefficient (Wildman–Crippen LogP) is 8.40. The molecule has 0 aliphatic rings. The molecule has 2 N–H and O–H groups in total. The number of benzene rings is 3. The van der Waals surface area contributed by atoms with Crippen LogP contribution < -0.4 is 14.1 Å². The molecule has 3 aromatic rings. The molecule has 0 saturated heterocycles. The van der Waals surface area contributed by atoms with Gasteiger partial charge in [0, 0.05) is 0 Å². The number of anilines is 2. The number of rotatable bonds is 12. The Labute approximate surface area is 227 Å². The summed E-state index contributed by atoms with van der Waals surface area (Å²) < 4.78 is 1.47. The molecule has 0 aliphatic heterocycles. The van der Waals surface area contributed by atoms with Crippen LogP contribution in [0.5, 0.6) is 0 Å². The molecular weight excluding hydrogens is 534 g/mol. The van der Waals surface area contributed by atoms with Crippen molar-refractivity contribution in [2.24, 2.45) is 0 Å². The quantitative estimate of drug-likeness (QED) is 0.211. The van der Waals surface area contributed by atoms with Crippen LogP contribution in [-0.4, -0.2) is 23.0 Å². The first-order valence-electron chi connectivity index (χ1n) is 13.3. The molecule has 2 radical (unpaired) electrons. The van der Waals surface area contributed by atoms with Gasteiger partial charge in [-0.2, -0.15) is 0 Å². The Bertz CT molecular complexity index is 980. The van der Waals surface area contributed by atoms with Gasteiger partial charge in [-0.15, -0.1) is 0 Å². The Balaban J connectivity index is 2.01. The molecule has 186 valence electrons. The third-order valence-corrected chi connectivity index (χ3v) is 8.62. The van der Waals surface area contributed by atoms with Gasteiger partial charge in [0.05, 0.1) is 0 Å². The van der Waals surface area contributed by atoms with Gasteiger partial charge < -0.3 is 0 Å². The summed E-state index contributed by atoms with van der Waals surface area (Å²) in [4.78, 5) is 0. The minimum absolute atomic E-state index is 0.320. The molecule has 3 aromatic carbocycles. The second-order valence-corrected chi connectivity index (χ2v) is 11.3. The van der Waals surface area contributed by atoms with E-state index in [0.29, 0.717) is 12.1 Å². The van der Waals surface area contributed by atoms with Crippen molar-refractivity contribution in [1.82, 2.24) is 0 Å². The minimum atomic E-state index is 0.320. The summed E-state index contributed by atoms with van der Waals surface area (Å²) in [7, 11) is 0. The van der Waals surface area contributed by atoms with Gasteiger partial charge in [-0.25, -0.2) is 0 Å². The first-order valence-corrected chi connectivity index (χ1v) is 14.6. The molecule has 0 bridgehead atoms. The van der Waals surface area contributed by atoms with Crippen LogP contribution in [0.1, 0.15) is 97.8 Å². The summed E-state index contributed by atoms with van der Waals surface area (Å²) in [6.45, 7) is 13.4.